The molecule has 2 heteroatoms. The van der Waals surface area contributed by atoms with Crippen molar-refractivity contribution in [1.29, 1.82) is 0 Å². The second-order valence-corrected chi connectivity index (χ2v) is 2.52. The summed E-state index contributed by atoms with van der Waals surface area (Å²) in [4.78, 5) is 0. The highest BCUT2D eigenvalue weighted by molar-refractivity contribution is 5.03. The number of hydrogen-bond donors (Lipinski definition) is 0. The van der Waals surface area contributed by atoms with Gasteiger partial charge >= 0.3 is 0 Å². The second-order valence-electron chi connectivity index (χ2n) is 2.52. The second kappa shape index (κ2) is 2.38. The lowest BCUT2D eigenvalue weighted by molar-refractivity contribution is -0.141. The van der Waals surface area contributed by atoms with E-state index in [1.807, 2.05) is 6.92 Å². The van der Waals surface area contributed by atoms with Crippen molar-refractivity contribution >= 4 is 0 Å². The Bertz CT molecular complexity index is 128. The maximum atomic E-state index is 5.23. The molecule has 0 unspecified atom stereocenters. The van der Waals surface area contributed by atoms with Gasteiger partial charge in [0, 0.05) is 0 Å². The van der Waals surface area contributed by atoms with Gasteiger partial charge in [-0.3, -0.25) is 0 Å². The van der Waals surface area contributed by atoms with Crippen molar-refractivity contribution in [3.63, 3.8) is 0 Å². The normalized spacial score (nSPS) is 24.9. The molecule has 0 aromatic carbocycles. The van der Waals surface area contributed by atoms with Crippen LogP contribution in [0.3, 0.4) is 0 Å². The SMILES string of the molecule is C#CC1(C)COCOC1. The van der Waals surface area contributed by atoms with Crippen molar-refractivity contribution in [1.82, 2.24) is 0 Å². The van der Waals surface area contributed by atoms with Gasteiger partial charge in [0.05, 0.1) is 18.6 Å². The minimum atomic E-state index is -0.196. The zero-order valence-corrected chi connectivity index (χ0v) is 5.52. The third-order valence-corrected chi connectivity index (χ3v) is 1.36. The smallest absolute Gasteiger partial charge is 0.146 e. The molecule has 1 rings (SSSR count). The maximum Gasteiger partial charge on any atom is 0.146 e. The molecule has 0 saturated carbocycles. The van der Waals surface area contributed by atoms with Crippen molar-refractivity contribution in [2.45, 2.75) is 6.92 Å². The summed E-state index contributed by atoms with van der Waals surface area (Å²) in [6.45, 7) is 3.57. The highest BCUT2D eigenvalue weighted by atomic mass is 16.7. The highest BCUT2D eigenvalue weighted by Crippen LogP contribution is 2.18. The molecule has 1 saturated heterocycles. The van der Waals surface area contributed by atoms with E-state index in [4.69, 9.17) is 15.9 Å². The molecule has 50 valence electrons. The number of hydrogen-bond acceptors (Lipinski definition) is 2. The molecule has 1 aliphatic heterocycles. The Morgan fingerprint density at radius 3 is 2.33 bits per heavy atom. The van der Waals surface area contributed by atoms with E-state index in [0.717, 1.165) is 0 Å². The van der Waals surface area contributed by atoms with Gasteiger partial charge in [0.25, 0.3) is 0 Å². The van der Waals surface area contributed by atoms with Crippen LogP contribution in [-0.4, -0.2) is 20.0 Å². The zero-order chi connectivity index (χ0) is 6.74. The molecule has 0 aromatic rings. The van der Waals surface area contributed by atoms with Crippen LogP contribution in [0.5, 0.6) is 0 Å². The molecule has 0 amide bonds. The average molecular weight is 126 g/mol. The topological polar surface area (TPSA) is 18.5 Å². The van der Waals surface area contributed by atoms with Crippen LogP contribution >= 0.6 is 0 Å². The summed E-state index contributed by atoms with van der Waals surface area (Å²) in [7, 11) is 0. The van der Waals surface area contributed by atoms with Crippen molar-refractivity contribution in [2.75, 3.05) is 20.0 Å². The molecule has 0 aliphatic carbocycles. The fraction of sp³-hybridized carbons (Fsp3) is 0.714. The molecule has 1 heterocycles. The van der Waals surface area contributed by atoms with E-state index >= 15 is 0 Å². The zero-order valence-electron chi connectivity index (χ0n) is 5.52. The predicted molar refractivity (Wildman–Crippen MR) is 33.7 cm³/mol. The highest BCUT2D eigenvalue weighted by Gasteiger charge is 2.25. The fourth-order valence-electron chi connectivity index (χ4n) is 0.718. The van der Waals surface area contributed by atoms with E-state index in [1.54, 1.807) is 0 Å². The first-order valence-corrected chi connectivity index (χ1v) is 2.90. The molecular formula is C7H10O2. The molecule has 9 heavy (non-hydrogen) atoms. The Morgan fingerprint density at radius 1 is 1.44 bits per heavy atom. The van der Waals surface area contributed by atoms with Gasteiger partial charge in [0.2, 0.25) is 0 Å². The van der Waals surface area contributed by atoms with Gasteiger partial charge in [-0.2, -0.15) is 0 Å². The standard InChI is InChI=1S/C7H10O2/c1-3-7(2)4-8-6-9-5-7/h1H,4-6H2,2H3. The Kier molecular flexibility index (Phi) is 1.75. The lowest BCUT2D eigenvalue weighted by Crippen LogP contribution is -2.33. The number of ether oxygens (including phenoxy) is 2. The first-order valence-electron chi connectivity index (χ1n) is 2.90. The Hall–Kier alpha value is -0.520. The van der Waals surface area contributed by atoms with E-state index in [9.17, 15) is 0 Å². The lowest BCUT2D eigenvalue weighted by Gasteiger charge is -2.27. The van der Waals surface area contributed by atoms with Crippen molar-refractivity contribution in [3.8, 4) is 12.3 Å². The Balaban J connectivity index is 2.49. The Morgan fingerprint density at radius 2 is 2.00 bits per heavy atom. The van der Waals surface area contributed by atoms with Crippen LogP contribution in [-0.2, 0) is 9.47 Å². The quantitative estimate of drug-likeness (QED) is 0.443. The first-order chi connectivity index (χ1) is 4.27. The van der Waals surface area contributed by atoms with Crippen LogP contribution in [0.15, 0.2) is 0 Å². The summed E-state index contributed by atoms with van der Waals surface area (Å²) >= 11 is 0. The molecule has 1 fully saturated rings. The third kappa shape index (κ3) is 1.44. The van der Waals surface area contributed by atoms with Gasteiger partial charge in [-0.05, 0) is 6.92 Å². The largest absolute Gasteiger partial charge is 0.354 e. The van der Waals surface area contributed by atoms with Gasteiger partial charge < -0.3 is 9.47 Å². The minimum absolute atomic E-state index is 0.196. The minimum Gasteiger partial charge on any atom is -0.354 e. The maximum absolute atomic E-state index is 5.23. The Labute approximate surface area is 55.1 Å². The van der Waals surface area contributed by atoms with Crippen LogP contribution in [0.25, 0.3) is 0 Å². The summed E-state index contributed by atoms with van der Waals surface area (Å²) in [6, 6.07) is 0. The van der Waals surface area contributed by atoms with Crippen LogP contribution in [0.1, 0.15) is 6.92 Å². The van der Waals surface area contributed by atoms with Crippen LogP contribution < -0.4 is 0 Å². The van der Waals surface area contributed by atoms with Gasteiger partial charge in [-0.15, -0.1) is 6.42 Å². The summed E-state index contributed by atoms with van der Waals surface area (Å²) in [5.41, 5.74) is -0.196. The molecule has 1 aliphatic rings. The van der Waals surface area contributed by atoms with Crippen molar-refractivity contribution in [3.05, 3.63) is 0 Å². The third-order valence-electron chi connectivity index (χ3n) is 1.36. The van der Waals surface area contributed by atoms with E-state index in [-0.39, 0.29) is 5.41 Å². The molecule has 0 N–H and O–H groups in total. The monoisotopic (exact) mass is 126 g/mol. The fourth-order valence-corrected chi connectivity index (χ4v) is 0.718. The van der Waals surface area contributed by atoms with Gasteiger partial charge in [0.15, 0.2) is 0 Å². The molecule has 0 atom stereocenters. The predicted octanol–water partition coefficient (Wildman–Crippen LogP) is 0.630. The first kappa shape index (κ1) is 6.60. The number of rotatable bonds is 0. The van der Waals surface area contributed by atoms with E-state index in [0.29, 0.717) is 20.0 Å². The molecule has 0 aromatic heterocycles. The summed E-state index contributed by atoms with van der Waals surface area (Å²) in [5.74, 6) is 2.63. The average Bonchev–Trinajstić information content (AvgIpc) is 1.90. The number of terminal acetylenes is 1. The van der Waals surface area contributed by atoms with Gasteiger partial charge in [0.1, 0.15) is 6.79 Å². The molecular weight excluding hydrogens is 116 g/mol. The lowest BCUT2D eigenvalue weighted by atomic mass is 9.94. The van der Waals surface area contributed by atoms with Crippen LogP contribution in [0, 0.1) is 17.8 Å². The van der Waals surface area contributed by atoms with E-state index in [2.05, 4.69) is 5.92 Å². The van der Waals surface area contributed by atoms with Gasteiger partial charge in [-0.25, -0.2) is 0 Å². The van der Waals surface area contributed by atoms with Gasteiger partial charge in [-0.1, -0.05) is 5.92 Å². The molecule has 0 radical (unpaired) electrons. The molecule has 2 nitrogen and oxygen atoms in total. The van der Waals surface area contributed by atoms with Crippen LogP contribution in [0.2, 0.25) is 0 Å². The van der Waals surface area contributed by atoms with Crippen molar-refractivity contribution in [2.24, 2.45) is 5.41 Å². The van der Waals surface area contributed by atoms with Crippen LogP contribution in [0.4, 0.5) is 0 Å². The molecule has 0 bridgehead atoms. The summed E-state index contributed by atoms with van der Waals surface area (Å²) in [6.07, 6.45) is 5.23. The van der Waals surface area contributed by atoms with Crippen molar-refractivity contribution < 1.29 is 9.47 Å². The molecule has 0 spiro atoms. The van der Waals surface area contributed by atoms with E-state index < -0.39 is 0 Å². The summed E-state index contributed by atoms with van der Waals surface area (Å²) in [5, 5.41) is 0. The summed E-state index contributed by atoms with van der Waals surface area (Å²) < 4.78 is 10.0. The van der Waals surface area contributed by atoms with E-state index in [1.165, 1.54) is 0 Å².